The standard InChI is InChI=1S/C20H25ClN4O2/c1-3-4-10-22-20(27)18-24-17(16-7-5-6-11-25(16)18)19(26)23-15-12-14(21)9-8-13(15)2/h8-9,12H,3-7,10-11H2,1-2H3,(H,22,27)(H,23,26). The van der Waals surface area contributed by atoms with Crippen LogP contribution in [-0.2, 0) is 13.0 Å². The molecular weight excluding hydrogens is 364 g/mol. The van der Waals surface area contributed by atoms with Crippen molar-refractivity contribution in [1.29, 1.82) is 0 Å². The van der Waals surface area contributed by atoms with Gasteiger partial charge in [-0.15, -0.1) is 0 Å². The summed E-state index contributed by atoms with van der Waals surface area (Å²) in [5.74, 6) is -0.197. The van der Waals surface area contributed by atoms with E-state index in [9.17, 15) is 9.59 Å². The van der Waals surface area contributed by atoms with Gasteiger partial charge in [-0.3, -0.25) is 9.59 Å². The number of aromatic nitrogens is 2. The Balaban J connectivity index is 1.87. The number of imidazole rings is 1. The molecule has 1 aromatic carbocycles. The second-order valence-corrected chi connectivity index (χ2v) is 7.30. The highest BCUT2D eigenvalue weighted by Crippen LogP contribution is 2.24. The number of carbonyl (C=O) groups excluding carboxylic acids is 2. The maximum absolute atomic E-state index is 12.9. The number of rotatable bonds is 6. The molecule has 0 fully saturated rings. The molecule has 0 atom stereocenters. The van der Waals surface area contributed by atoms with Gasteiger partial charge in [-0.05, 0) is 50.3 Å². The van der Waals surface area contributed by atoms with Crippen LogP contribution in [0.3, 0.4) is 0 Å². The largest absolute Gasteiger partial charge is 0.349 e. The Hall–Kier alpha value is -2.34. The molecular formula is C20H25ClN4O2. The number of carbonyl (C=O) groups is 2. The van der Waals surface area contributed by atoms with Crippen molar-refractivity contribution in [1.82, 2.24) is 14.9 Å². The van der Waals surface area contributed by atoms with Gasteiger partial charge >= 0.3 is 0 Å². The molecule has 1 aromatic heterocycles. The lowest BCUT2D eigenvalue weighted by atomic mass is 10.1. The fourth-order valence-electron chi connectivity index (χ4n) is 3.27. The Morgan fingerprint density at radius 3 is 2.85 bits per heavy atom. The maximum Gasteiger partial charge on any atom is 0.287 e. The van der Waals surface area contributed by atoms with Crippen LogP contribution in [0.1, 0.15) is 65.0 Å². The van der Waals surface area contributed by atoms with Gasteiger partial charge in [0, 0.05) is 23.8 Å². The molecule has 2 N–H and O–H groups in total. The molecule has 2 heterocycles. The minimum absolute atomic E-state index is 0.218. The molecule has 6 nitrogen and oxygen atoms in total. The molecule has 0 saturated carbocycles. The first-order chi connectivity index (χ1) is 13.0. The van der Waals surface area contributed by atoms with E-state index in [0.717, 1.165) is 43.4 Å². The summed E-state index contributed by atoms with van der Waals surface area (Å²) in [7, 11) is 0. The number of fused-ring (bicyclic) bond motifs is 1. The zero-order valence-electron chi connectivity index (χ0n) is 15.8. The zero-order valence-corrected chi connectivity index (χ0v) is 16.5. The van der Waals surface area contributed by atoms with Crippen molar-refractivity contribution in [3.63, 3.8) is 0 Å². The smallest absolute Gasteiger partial charge is 0.287 e. The van der Waals surface area contributed by atoms with Gasteiger partial charge in [-0.1, -0.05) is 31.0 Å². The van der Waals surface area contributed by atoms with Gasteiger partial charge in [-0.25, -0.2) is 4.98 Å². The third-order valence-electron chi connectivity index (χ3n) is 4.80. The molecule has 1 aliphatic heterocycles. The molecule has 2 amide bonds. The van der Waals surface area contributed by atoms with Crippen LogP contribution >= 0.6 is 11.6 Å². The molecule has 7 heteroatoms. The lowest BCUT2D eigenvalue weighted by Gasteiger charge is -2.17. The van der Waals surface area contributed by atoms with Crippen molar-refractivity contribution in [2.24, 2.45) is 0 Å². The average molecular weight is 389 g/mol. The summed E-state index contributed by atoms with van der Waals surface area (Å²) >= 11 is 6.04. The first-order valence-corrected chi connectivity index (χ1v) is 9.84. The highest BCUT2D eigenvalue weighted by molar-refractivity contribution is 6.31. The van der Waals surface area contributed by atoms with E-state index in [1.165, 1.54) is 0 Å². The molecule has 0 aliphatic carbocycles. The van der Waals surface area contributed by atoms with Crippen LogP contribution in [0, 0.1) is 6.92 Å². The number of anilines is 1. The van der Waals surface area contributed by atoms with E-state index in [0.29, 0.717) is 35.3 Å². The predicted molar refractivity (Wildman–Crippen MR) is 107 cm³/mol. The van der Waals surface area contributed by atoms with Crippen molar-refractivity contribution in [2.75, 3.05) is 11.9 Å². The predicted octanol–water partition coefficient (Wildman–Crippen LogP) is 3.96. The Morgan fingerprint density at radius 1 is 1.26 bits per heavy atom. The van der Waals surface area contributed by atoms with E-state index in [-0.39, 0.29) is 11.8 Å². The van der Waals surface area contributed by atoms with Gasteiger partial charge in [0.15, 0.2) is 11.5 Å². The van der Waals surface area contributed by atoms with Crippen molar-refractivity contribution >= 4 is 29.1 Å². The molecule has 0 radical (unpaired) electrons. The molecule has 0 unspecified atom stereocenters. The fourth-order valence-corrected chi connectivity index (χ4v) is 3.44. The monoisotopic (exact) mass is 388 g/mol. The summed E-state index contributed by atoms with van der Waals surface area (Å²) in [4.78, 5) is 29.8. The highest BCUT2D eigenvalue weighted by atomic mass is 35.5. The van der Waals surface area contributed by atoms with E-state index >= 15 is 0 Å². The lowest BCUT2D eigenvalue weighted by Crippen LogP contribution is -2.28. The first kappa shape index (κ1) is 19.4. The van der Waals surface area contributed by atoms with E-state index in [4.69, 9.17) is 11.6 Å². The topological polar surface area (TPSA) is 76.0 Å². The average Bonchev–Trinajstić information content (AvgIpc) is 3.05. The normalized spacial score (nSPS) is 13.1. The number of benzene rings is 1. The summed E-state index contributed by atoms with van der Waals surface area (Å²) < 4.78 is 1.89. The van der Waals surface area contributed by atoms with E-state index in [1.807, 2.05) is 17.6 Å². The second kappa shape index (κ2) is 8.57. The van der Waals surface area contributed by atoms with Gasteiger partial charge in [0.25, 0.3) is 11.8 Å². The van der Waals surface area contributed by atoms with Crippen molar-refractivity contribution in [3.05, 3.63) is 46.0 Å². The molecule has 2 aromatic rings. The van der Waals surface area contributed by atoms with Crippen LogP contribution in [-0.4, -0.2) is 27.9 Å². The Morgan fingerprint density at radius 2 is 2.07 bits per heavy atom. The molecule has 0 spiro atoms. The number of halogens is 1. The lowest BCUT2D eigenvalue weighted by molar-refractivity contribution is 0.0937. The SMILES string of the molecule is CCCCNC(=O)c1nc(C(=O)Nc2cc(Cl)ccc2C)c2n1CCCC2. The third kappa shape index (κ3) is 4.33. The Bertz CT molecular complexity index is 860. The first-order valence-electron chi connectivity index (χ1n) is 9.46. The molecule has 0 saturated heterocycles. The molecule has 0 bridgehead atoms. The van der Waals surface area contributed by atoms with Crippen LogP contribution in [0.5, 0.6) is 0 Å². The molecule has 144 valence electrons. The van der Waals surface area contributed by atoms with E-state index in [1.54, 1.807) is 12.1 Å². The highest BCUT2D eigenvalue weighted by Gasteiger charge is 2.27. The molecule has 1 aliphatic rings. The Labute approximate surface area is 164 Å². The Kier molecular flexibility index (Phi) is 6.16. The fraction of sp³-hybridized carbons (Fsp3) is 0.450. The number of nitrogens with one attached hydrogen (secondary N) is 2. The second-order valence-electron chi connectivity index (χ2n) is 6.86. The van der Waals surface area contributed by atoms with Gasteiger partial charge in [-0.2, -0.15) is 0 Å². The minimum atomic E-state index is -0.307. The van der Waals surface area contributed by atoms with Crippen LogP contribution in [0.2, 0.25) is 5.02 Å². The van der Waals surface area contributed by atoms with Gasteiger partial charge in [0.2, 0.25) is 0 Å². The number of aryl methyl sites for hydroxylation is 1. The van der Waals surface area contributed by atoms with Crippen LogP contribution in [0.25, 0.3) is 0 Å². The van der Waals surface area contributed by atoms with Crippen molar-refractivity contribution in [2.45, 2.75) is 52.5 Å². The van der Waals surface area contributed by atoms with Crippen LogP contribution < -0.4 is 10.6 Å². The number of unbranched alkanes of at least 4 members (excludes halogenated alkanes) is 1. The van der Waals surface area contributed by atoms with Gasteiger partial charge in [0.1, 0.15) is 0 Å². The van der Waals surface area contributed by atoms with E-state index in [2.05, 4.69) is 22.5 Å². The van der Waals surface area contributed by atoms with Crippen molar-refractivity contribution < 1.29 is 9.59 Å². The van der Waals surface area contributed by atoms with E-state index < -0.39 is 0 Å². The maximum atomic E-state index is 12.9. The summed E-state index contributed by atoms with van der Waals surface area (Å²) in [5.41, 5.74) is 2.73. The summed E-state index contributed by atoms with van der Waals surface area (Å²) in [6.07, 6.45) is 4.63. The summed E-state index contributed by atoms with van der Waals surface area (Å²) in [5, 5.41) is 6.34. The number of hydrogen-bond acceptors (Lipinski definition) is 3. The third-order valence-corrected chi connectivity index (χ3v) is 5.03. The molecule has 27 heavy (non-hydrogen) atoms. The quantitative estimate of drug-likeness (QED) is 0.735. The van der Waals surface area contributed by atoms with Gasteiger partial charge in [0.05, 0.1) is 5.69 Å². The zero-order chi connectivity index (χ0) is 19.4. The van der Waals surface area contributed by atoms with Crippen molar-refractivity contribution in [3.8, 4) is 0 Å². The van der Waals surface area contributed by atoms with Gasteiger partial charge < -0.3 is 15.2 Å². The minimum Gasteiger partial charge on any atom is -0.349 e. The summed E-state index contributed by atoms with van der Waals surface area (Å²) in [6, 6.07) is 5.35. The van der Waals surface area contributed by atoms with Crippen LogP contribution in [0.15, 0.2) is 18.2 Å². The number of amides is 2. The molecule has 3 rings (SSSR count). The number of nitrogens with zero attached hydrogens (tertiary/aromatic N) is 2. The van der Waals surface area contributed by atoms with Crippen LogP contribution in [0.4, 0.5) is 5.69 Å². The summed E-state index contributed by atoms with van der Waals surface area (Å²) in [6.45, 7) is 5.30. The number of hydrogen-bond donors (Lipinski definition) is 2.